The van der Waals surface area contributed by atoms with E-state index in [0.717, 1.165) is 55.7 Å². The third-order valence-electron chi connectivity index (χ3n) is 8.83. The Hall–Kier alpha value is -4.22. The summed E-state index contributed by atoms with van der Waals surface area (Å²) in [5.41, 5.74) is 6.25. The minimum absolute atomic E-state index is 0.135. The molecule has 1 amide bonds. The Bertz CT molecular complexity index is 1550. The highest BCUT2D eigenvalue weighted by atomic mass is 16.5. The van der Waals surface area contributed by atoms with Crippen LogP contribution < -0.4 is 10.1 Å². The molecule has 8 heteroatoms. The Labute approximate surface area is 234 Å². The minimum Gasteiger partial charge on any atom is -0.496 e. The molecule has 0 bridgehead atoms. The lowest BCUT2D eigenvalue weighted by Crippen LogP contribution is -2.48. The molecule has 1 aliphatic heterocycles. The molecule has 1 aliphatic carbocycles. The molecule has 2 aliphatic rings. The highest BCUT2D eigenvalue weighted by molar-refractivity contribution is 5.94. The van der Waals surface area contributed by atoms with E-state index in [-0.39, 0.29) is 23.3 Å². The number of aromatic amines is 1. The summed E-state index contributed by atoms with van der Waals surface area (Å²) in [5, 5.41) is 13.6. The van der Waals surface area contributed by atoms with Gasteiger partial charge in [0.25, 0.3) is 5.91 Å². The predicted molar refractivity (Wildman–Crippen MR) is 152 cm³/mol. The summed E-state index contributed by atoms with van der Waals surface area (Å²) in [5.74, 6) is 0.945. The maximum Gasteiger partial charge on any atom is 0.251 e. The number of fused-ring (bicyclic) bond motifs is 1. The highest BCUT2D eigenvalue weighted by Gasteiger charge is 2.49. The highest BCUT2D eigenvalue weighted by Crippen LogP contribution is 2.56. The summed E-state index contributed by atoms with van der Waals surface area (Å²) in [6, 6.07) is 14.9. The van der Waals surface area contributed by atoms with Crippen LogP contribution in [0.15, 0.2) is 61.2 Å². The van der Waals surface area contributed by atoms with Crippen molar-refractivity contribution in [3.8, 4) is 11.8 Å². The Morgan fingerprint density at radius 1 is 1.23 bits per heavy atom. The fourth-order valence-corrected chi connectivity index (χ4v) is 6.68. The van der Waals surface area contributed by atoms with Crippen LogP contribution in [0.4, 0.5) is 0 Å². The molecule has 3 heterocycles. The van der Waals surface area contributed by atoms with Crippen molar-refractivity contribution in [2.24, 2.45) is 11.3 Å². The van der Waals surface area contributed by atoms with Gasteiger partial charge in [0, 0.05) is 59.1 Å². The van der Waals surface area contributed by atoms with E-state index in [0.29, 0.717) is 12.1 Å². The second-order valence-electron chi connectivity index (χ2n) is 11.3. The molecular formula is C32H34N6O2. The van der Waals surface area contributed by atoms with Gasteiger partial charge < -0.3 is 15.0 Å². The average molecular weight is 535 g/mol. The fourth-order valence-electron chi connectivity index (χ4n) is 6.68. The molecule has 0 radical (unpaired) electrons. The zero-order valence-corrected chi connectivity index (χ0v) is 23.0. The molecule has 8 nitrogen and oxygen atoms in total. The number of carbonyl (C=O) groups is 1. The van der Waals surface area contributed by atoms with Crippen LogP contribution in [-0.2, 0) is 13.1 Å². The quantitative estimate of drug-likeness (QED) is 0.326. The second-order valence-corrected chi connectivity index (χ2v) is 11.3. The third-order valence-corrected chi connectivity index (χ3v) is 8.83. The van der Waals surface area contributed by atoms with Crippen LogP contribution >= 0.6 is 0 Å². The lowest BCUT2D eigenvalue weighted by Gasteiger charge is -2.53. The van der Waals surface area contributed by atoms with Crippen molar-refractivity contribution in [1.82, 2.24) is 25.2 Å². The van der Waals surface area contributed by atoms with Gasteiger partial charge in [-0.2, -0.15) is 5.26 Å². The van der Waals surface area contributed by atoms with Crippen LogP contribution in [0.3, 0.4) is 0 Å². The van der Waals surface area contributed by atoms with Crippen LogP contribution in [0.25, 0.3) is 10.9 Å². The normalized spacial score (nSPS) is 22.5. The van der Waals surface area contributed by atoms with Crippen LogP contribution in [0.1, 0.15) is 64.5 Å². The summed E-state index contributed by atoms with van der Waals surface area (Å²) < 4.78 is 5.86. The first-order valence-corrected chi connectivity index (χ1v) is 13.9. The SMILES string of the molecule is COc1cc(C)c2[nH]ccc2c1CN1CCC2(CC(C#N)C2)CC1c1ccc(C(=O)NCc2cnccn2)cc1. The van der Waals surface area contributed by atoms with E-state index in [1.165, 1.54) is 22.1 Å². The Kier molecular flexibility index (Phi) is 6.99. The van der Waals surface area contributed by atoms with E-state index < -0.39 is 0 Å². The number of nitrogens with zero attached hydrogens (tertiary/aromatic N) is 4. The zero-order chi connectivity index (χ0) is 27.7. The van der Waals surface area contributed by atoms with Crippen molar-refractivity contribution in [1.29, 1.82) is 5.26 Å². The lowest BCUT2D eigenvalue weighted by atomic mass is 9.56. The van der Waals surface area contributed by atoms with Gasteiger partial charge in [0.05, 0.1) is 31.6 Å². The molecule has 6 rings (SSSR count). The Morgan fingerprint density at radius 2 is 2.05 bits per heavy atom. The van der Waals surface area contributed by atoms with Crippen molar-refractivity contribution < 1.29 is 9.53 Å². The first kappa shape index (κ1) is 26.0. The molecule has 4 aromatic rings. The first-order chi connectivity index (χ1) is 19.5. The molecule has 1 unspecified atom stereocenters. The van der Waals surface area contributed by atoms with E-state index in [1.807, 2.05) is 18.3 Å². The Balaban J connectivity index is 1.25. The molecule has 2 aromatic heterocycles. The number of rotatable bonds is 7. The lowest BCUT2D eigenvalue weighted by molar-refractivity contribution is -0.0298. The summed E-state index contributed by atoms with van der Waals surface area (Å²) in [7, 11) is 1.74. The van der Waals surface area contributed by atoms with E-state index in [1.54, 1.807) is 25.7 Å². The zero-order valence-electron chi connectivity index (χ0n) is 23.0. The molecule has 1 saturated carbocycles. The molecule has 2 fully saturated rings. The summed E-state index contributed by atoms with van der Waals surface area (Å²) in [4.78, 5) is 27.0. The molecule has 2 N–H and O–H groups in total. The topological polar surface area (TPSA) is 107 Å². The fraction of sp³-hybridized carbons (Fsp3) is 0.375. The van der Waals surface area contributed by atoms with Gasteiger partial charge in [0.15, 0.2) is 0 Å². The number of carbonyl (C=O) groups excluding carboxylic acids is 1. The van der Waals surface area contributed by atoms with Crippen LogP contribution in [0.2, 0.25) is 0 Å². The maximum atomic E-state index is 12.8. The number of nitriles is 1. The van der Waals surface area contributed by atoms with Crippen molar-refractivity contribution >= 4 is 16.8 Å². The number of hydrogen-bond donors (Lipinski definition) is 2. The molecule has 1 spiro atoms. The number of ether oxygens (including phenoxy) is 1. The van der Waals surface area contributed by atoms with Crippen LogP contribution in [0, 0.1) is 29.6 Å². The first-order valence-electron chi connectivity index (χ1n) is 13.9. The monoisotopic (exact) mass is 534 g/mol. The number of piperidine rings is 1. The van der Waals surface area contributed by atoms with Gasteiger partial charge in [-0.3, -0.25) is 19.7 Å². The standard InChI is InChI=1S/C32H34N6O2/c1-21-13-29(40-2)27(26-7-9-36-30(21)26)20-38-12-8-32(14-22(15-32)17-33)16-28(38)23-3-5-24(6-4-23)31(39)37-19-25-18-34-10-11-35-25/h3-7,9-11,13,18,22,28,36H,8,12,14-16,19-20H2,1-2H3,(H,37,39). The maximum absolute atomic E-state index is 12.8. The number of hydrogen-bond acceptors (Lipinski definition) is 6. The number of nitrogens with one attached hydrogen (secondary N) is 2. The van der Waals surface area contributed by atoms with Gasteiger partial charge in [0.2, 0.25) is 0 Å². The average Bonchev–Trinajstić information content (AvgIpc) is 3.48. The number of likely N-dealkylation sites (tertiary alicyclic amines) is 1. The number of amides is 1. The van der Waals surface area contributed by atoms with E-state index in [2.05, 4.69) is 62.4 Å². The second kappa shape index (κ2) is 10.7. The van der Waals surface area contributed by atoms with Gasteiger partial charge in [-0.25, -0.2) is 0 Å². The minimum atomic E-state index is -0.135. The van der Waals surface area contributed by atoms with Gasteiger partial charge in [0.1, 0.15) is 5.75 Å². The van der Waals surface area contributed by atoms with Gasteiger partial charge >= 0.3 is 0 Å². The number of benzene rings is 2. The number of methoxy groups -OCH3 is 1. The van der Waals surface area contributed by atoms with Crippen molar-refractivity contribution in [3.05, 3.63) is 89.1 Å². The third kappa shape index (κ3) is 4.93. The van der Waals surface area contributed by atoms with Crippen LogP contribution in [-0.4, -0.2) is 39.4 Å². The smallest absolute Gasteiger partial charge is 0.251 e. The summed E-state index contributed by atoms with van der Waals surface area (Å²) in [6.07, 6.45) is 10.9. The van der Waals surface area contributed by atoms with Gasteiger partial charge in [-0.05, 0) is 80.0 Å². The molecule has 1 saturated heterocycles. The van der Waals surface area contributed by atoms with Crippen molar-refractivity contribution in [3.63, 3.8) is 0 Å². The number of aryl methyl sites for hydroxylation is 1. The largest absolute Gasteiger partial charge is 0.496 e. The molecule has 1 atom stereocenters. The van der Waals surface area contributed by atoms with Gasteiger partial charge in [-0.1, -0.05) is 12.1 Å². The molecule has 40 heavy (non-hydrogen) atoms. The van der Waals surface area contributed by atoms with Gasteiger partial charge in [-0.15, -0.1) is 0 Å². The number of aromatic nitrogens is 3. The molecular weight excluding hydrogens is 500 g/mol. The van der Waals surface area contributed by atoms with Crippen molar-refractivity contribution in [2.45, 2.75) is 51.7 Å². The van der Waals surface area contributed by atoms with E-state index in [4.69, 9.17) is 4.74 Å². The Morgan fingerprint density at radius 3 is 2.77 bits per heavy atom. The molecule has 2 aromatic carbocycles. The molecule has 204 valence electrons. The van der Waals surface area contributed by atoms with Crippen LogP contribution in [0.5, 0.6) is 5.75 Å². The predicted octanol–water partition coefficient (Wildman–Crippen LogP) is 5.46. The number of H-pyrrole nitrogens is 1. The summed E-state index contributed by atoms with van der Waals surface area (Å²) >= 11 is 0. The summed E-state index contributed by atoms with van der Waals surface area (Å²) in [6.45, 7) is 4.15. The van der Waals surface area contributed by atoms with E-state index >= 15 is 0 Å². The van der Waals surface area contributed by atoms with E-state index in [9.17, 15) is 10.1 Å². The van der Waals surface area contributed by atoms with Crippen molar-refractivity contribution in [2.75, 3.05) is 13.7 Å².